The Morgan fingerprint density at radius 3 is 2.53 bits per heavy atom. The summed E-state index contributed by atoms with van der Waals surface area (Å²) in [4.78, 5) is 60.3. The highest BCUT2D eigenvalue weighted by atomic mass is 16.6. The fraction of sp³-hybridized carbons (Fsp3) is 0.600. The number of hydrogen-bond donors (Lipinski definition) is 2. The lowest BCUT2D eigenvalue weighted by Gasteiger charge is -2.38. The Kier molecular flexibility index (Phi) is 8.31. The maximum Gasteiger partial charge on any atom is 0.531 e. The number of amides is 1. The van der Waals surface area contributed by atoms with E-state index < -0.39 is 55.0 Å². The van der Waals surface area contributed by atoms with Crippen LogP contribution in [-0.4, -0.2) is 58.9 Å². The number of carbonyl (C=O) groups excluding carboxylic acids is 4. The summed E-state index contributed by atoms with van der Waals surface area (Å²) in [7, 11) is -1.31. The van der Waals surface area contributed by atoms with E-state index in [2.05, 4.69) is 10.5 Å². The largest absolute Gasteiger partial charge is 0.531 e. The van der Waals surface area contributed by atoms with E-state index in [4.69, 9.17) is 13.8 Å². The first kappa shape index (κ1) is 25.2. The maximum absolute atomic E-state index is 12.5. The van der Waals surface area contributed by atoms with Crippen LogP contribution in [0.3, 0.4) is 0 Å². The number of aliphatic carboxylic acids is 1. The van der Waals surface area contributed by atoms with E-state index in [1.807, 2.05) is 13.8 Å². The number of aryl methyl sites for hydroxylation is 1. The predicted octanol–water partition coefficient (Wildman–Crippen LogP) is 1.34. The second-order valence-corrected chi connectivity index (χ2v) is 8.47. The molecule has 1 aliphatic rings. The second-order valence-electron chi connectivity index (χ2n) is 8.47. The molecular formula is C20H27BN2O9. The van der Waals surface area contributed by atoms with Gasteiger partial charge in [-0.1, -0.05) is 19.0 Å². The van der Waals surface area contributed by atoms with Gasteiger partial charge >= 0.3 is 13.1 Å². The SMILES string of the molecule is CC(=O)CC1(C(=O)O)CC(=O)OB([C@@H](CC(=O)CNC(=O)c2cc(C)on2)CC(C)C)O1. The van der Waals surface area contributed by atoms with Gasteiger partial charge in [-0.05, 0) is 26.2 Å². The van der Waals surface area contributed by atoms with Crippen molar-refractivity contribution in [3.05, 3.63) is 17.5 Å². The minimum Gasteiger partial charge on any atom is -0.509 e. The Bertz CT molecular complexity index is 893. The van der Waals surface area contributed by atoms with E-state index in [9.17, 15) is 29.1 Å². The summed E-state index contributed by atoms with van der Waals surface area (Å²) in [6, 6.07) is 1.43. The number of nitrogens with one attached hydrogen (secondary N) is 1. The topological polar surface area (TPSA) is 162 Å². The molecule has 2 atom stereocenters. The smallest absolute Gasteiger partial charge is 0.509 e. The molecule has 174 valence electrons. The average Bonchev–Trinajstić information content (AvgIpc) is 3.10. The van der Waals surface area contributed by atoms with Gasteiger partial charge in [-0.25, -0.2) is 4.79 Å². The zero-order chi connectivity index (χ0) is 24.1. The molecule has 1 saturated heterocycles. The number of carbonyl (C=O) groups is 5. The van der Waals surface area contributed by atoms with Crippen LogP contribution in [0.2, 0.25) is 5.82 Å². The molecule has 0 aliphatic carbocycles. The van der Waals surface area contributed by atoms with Crippen LogP contribution >= 0.6 is 0 Å². The Labute approximate surface area is 185 Å². The van der Waals surface area contributed by atoms with Crippen LogP contribution in [0.15, 0.2) is 10.6 Å². The van der Waals surface area contributed by atoms with Crippen molar-refractivity contribution in [2.24, 2.45) is 5.92 Å². The number of hydrogen-bond acceptors (Lipinski definition) is 9. The molecule has 0 bridgehead atoms. The number of Topliss-reactive ketones (excluding diaryl/α,β-unsaturated/α-hetero) is 2. The van der Waals surface area contributed by atoms with Gasteiger partial charge in [0.2, 0.25) is 0 Å². The first-order valence-corrected chi connectivity index (χ1v) is 10.2. The fourth-order valence-corrected chi connectivity index (χ4v) is 3.60. The lowest BCUT2D eigenvalue weighted by molar-refractivity contribution is -0.172. The zero-order valence-electron chi connectivity index (χ0n) is 18.5. The minimum atomic E-state index is -2.04. The van der Waals surface area contributed by atoms with Gasteiger partial charge in [0.15, 0.2) is 17.1 Å². The van der Waals surface area contributed by atoms with Crippen molar-refractivity contribution < 1.29 is 42.9 Å². The van der Waals surface area contributed by atoms with Crippen LogP contribution in [0.5, 0.6) is 0 Å². The van der Waals surface area contributed by atoms with Gasteiger partial charge in [-0.3, -0.25) is 19.2 Å². The highest BCUT2D eigenvalue weighted by Crippen LogP contribution is 2.36. The van der Waals surface area contributed by atoms with Gasteiger partial charge in [0.05, 0.1) is 13.0 Å². The van der Waals surface area contributed by atoms with Crippen LogP contribution in [0, 0.1) is 12.8 Å². The molecule has 1 aromatic rings. The zero-order valence-corrected chi connectivity index (χ0v) is 18.5. The molecule has 2 N–H and O–H groups in total. The Morgan fingerprint density at radius 2 is 2.00 bits per heavy atom. The molecule has 32 heavy (non-hydrogen) atoms. The first-order valence-electron chi connectivity index (χ1n) is 10.2. The van der Waals surface area contributed by atoms with Gasteiger partial charge in [-0.15, -0.1) is 0 Å². The molecule has 2 heterocycles. The quantitative estimate of drug-likeness (QED) is 0.471. The van der Waals surface area contributed by atoms with Crippen molar-refractivity contribution in [2.75, 3.05) is 6.54 Å². The summed E-state index contributed by atoms with van der Waals surface area (Å²) in [6.45, 7) is 6.29. The molecule has 0 spiro atoms. The summed E-state index contributed by atoms with van der Waals surface area (Å²) in [5.41, 5.74) is -2.00. The summed E-state index contributed by atoms with van der Waals surface area (Å²) in [6.07, 6.45) is -0.850. The molecule has 1 amide bonds. The van der Waals surface area contributed by atoms with Crippen LogP contribution in [0.25, 0.3) is 0 Å². The first-order chi connectivity index (χ1) is 14.9. The van der Waals surface area contributed by atoms with Crippen molar-refractivity contribution in [1.82, 2.24) is 10.5 Å². The van der Waals surface area contributed by atoms with Gasteiger partial charge < -0.3 is 24.3 Å². The third-order valence-corrected chi connectivity index (χ3v) is 4.90. The lowest BCUT2D eigenvalue weighted by Crippen LogP contribution is -2.55. The van der Waals surface area contributed by atoms with Crippen molar-refractivity contribution in [3.63, 3.8) is 0 Å². The van der Waals surface area contributed by atoms with Crippen molar-refractivity contribution in [2.45, 2.75) is 64.8 Å². The fourth-order valence-electron chi connectivity index (χ4n) is 3.60. The van der Waals surface area contributed by atoms with Crippen LogP contribution in [0.4, 0.5) is 0 Å². The predicted molar refractivity (Wildman–Crippen MR) is 110 cm³/mol. The van der Waals surface area contributed by atoms with Crippen molar-refractivity contribution in [1.29, 1.82) is 0 Å². The van der Waals surface area contributed by atoms with Gasteiger partial charge in [0, 0.05) is 24.7 Å². The molecule has 1 aromatic heterocycles. The molecule has 0 aromatic carbocycles. The van der Waals surface area contributed by atoms with Crippen LogP contribution < -0.4 is 5.32 Å². The maximum atomic E-state index is 12.5. The van der Waals surface area contributed by atoms with E-state index in [0.717, 1.165) is 0 Å². The summed E-state index contributed by atoms with van der Waals surface area (Å²) in [5, 5.41) is 15.7. The van der Waals surface area contributed by atoms with Gasteiger partial charge in [-0.2, -0.15) is 0 Å². The van der Waals surface area contributed by atoms with E-state index in [1.165, 1.54) is 13.0 Å². The number of carboxylic acid groups (broad SMARTS) is 1. The second kappa shape index (κ2) is 10.5. The Morgan fingerprint density at radius 1 is 1.31 bits per heavy atom. The number of aromatic nitrogens is 1. The van der Waals surface area contributed by atoms with Gasteiger partial charge in [0.1, 0.15) is 11.5 Å². The molecule has 0 radical (unpaired) electrons. The van der Waals surface area contributed by atoms with Crippen molar-refractivity contribution >= 4 is 36.5 Å². The highest BCUT2D eigenvalue weighted by molar-refractivity contribution is 6.50. The summed E-state index contributed by atoms with van der Waals surface area (Å²) < 4.78 is 15.7. The Balaban J connectivity index is 2.11. The molecule has 1 fully saturated rings. The third-order valence-electron chi connectivity index (χ3n) is 4.90. The number of ketones is 2. The summed E-state index contributed by atoms with van der Waals surface area (Å²) >= 11 is 0. The van der Waals surface area contributed by atoms with Crippen LogP contribution in [0.1, 0.15) is 62.7 Å². The van der Waals surface area contributed by atoms with E-state index in [-0.39, 0.29) is 30.4 Å². The molecule has 1 unspecified atom stereocenters. The molecule has 11 nitrogen and oxygen atoms in total. The van der Waals surface area contributed by atoms with Crippen LogP contribution in [-0.2, 0) is 28.5 Å². The summed E-state index contributed by atoms with van der Waals surface area (Å²) in [5.74, 6) is -3.82. The van der Waals surface area contributed by atoms with E-state index >= 15 is 0 Å². The lowest BCUT2D eigenvalue weighted by atomic mass is 9.63. The highest BCUT2D eigenvalue weighted by Gasteiger charge is 2.53. The van der Waals surface area contributed by atoms with Crippen molar-refractivity contribution in [3.8, 4) is 0 Å². The van der Waals surface area contributed by atoms with E-state index in [0.29, 0.717) is 12.2 Å². The van der Waals surface area contributed by atoms with E-state index in [1.54, 1.807) is 6.92 Å². The third kappa shape index (κ3) is 6.74. The number of carboxylic acids is 1. The molecule has 0 saturated carbocycles. The average molecular weight is 450 g/mol. The molecule has 2 rings (SSSR count). The standard InChI is InChI=1S/C20H27BN2O9/c1-11(2)5-14(7-15(25)10-22-18(27)16-6-13(4)31-23-16)21-30-17(26)9-20(32-21,19(28)29)8-12(3)24/h6,11,14H,5,7-10H2,1-4H3,(H,22,27)(H,28,29)/t14-,20?/m1/s1. The molecular weight excluding hydrogens is 423 g/mol. The normalized spacial score (nSPS) is 19.4. The monoisotopic (exact) mass is 450 g/mol. The molecule has 1 aliphatic heterocycles. The number of rotatable bonds is 11. The van der Waals surface area contributed by atoms with Gasteiger partial charge in [0.25, 0.3) is 11.9 Å². The molecule has 12 heteroatoms. The Hall–Kier alpha value is -3.02. The minimum absolute atomic E-state index is 0.0362. The number of nitrogens with zero attached hydrogens (tertiary/aromatic N) is 1.